The van der Waals surface area contributed by atoms with Crippen LogP contribution in [0.4, 0.5) is 0 Å². The van der Waals surface area contributed by atoms with E-state index in [0.29, 0.717) is 12.3 Å². The number of carbonyl (C=O) groups is 2. The molecule has 0 saturated carbocycles. The van der Waals surface area contributed by atoms with Crippen LogP contribution in [-0.2, 0) is 9.59 Å². The van der Waals surface area contributed by atoms with Gasteiger partial charge in [-0.15, -0.1) is 12.4 Å². The van der Waals surface area contributed by atoms with E-state index in [0.717, 1.165) is 58.8 Å². The SMILES string of the molecule is CC(=O)NCC1CCCN(CCC(=O)N2CCNCC2)C1.Cl. The molecule has 2 rings (SSSR count). The summed E-state index contributed by atoms with van der Waals surface area (Å²) >= 11 is 0. The van der Waals surface area contributed by atoms with E-state index in [4.69, 9.17) is 0 Å². The van der Waals surface area contributed by atoms with Crippen LogP contribution in [0.1, 0.15) is 26.2 Å². The molecule has 0 radical (unpaired) electrons. The van der Waals surface area contributed by atoms with Crippen molar-refractivity contribution in [3.05, 3.63) is 0 Å². The van der Waals surface area contributed by atoms with Crippen LogP contribution in [0, 0.1) is 5.92 Å². The fraction of sp³-hybridized carbons (Fsp3) is 0.867. The Hall–Kier alpha value is -0.850. The summed E-state index contributed by atoms with van der Waals surface area (Å²) in [7, 11) is 0. The number of halogens is 1. The minimum atomic E-state index is 0. The molecule has 2 saturated heterocycles. The number of hydrogen-bond donors (Lipinski definition) is 2. The van der Waals surface area contributed by atoms with Crippen LogP contribution < -0.4 is 10.6 Å². The van der Waals surface area contributed by atoms with Crippen LogP contribution in [0.5, 0.6) is 0 Å². The molecule has 2 heterocycles. The average molecular weight is 333 g/mol. The van der Waals surface area contributed by atoms with Crippen LogP contribution in [0.15, 0.2) is 0 Å². The number of hydrogen-bond acceptors (Lipinski definition) is 4. The Morgan fingerprint density at radius 2 is 1.95 bits per heavy atom. The van der Waals surface area contributed by atoms with E-state index in [1.165, 1.54) is 6.42 Å². The summed E-state index contributed by atoms with van der Waals surface area (Å²) in [5, 5.41) is 6.17. The highest BCUT2D eigenvalue weighted by atomic mass is 35.5. The third kappa shape index (κ3) is 6.50. The maximum absolute atomic E-state index is 12.2. The van der Waals surface area contributed by atoms with Gasteiger partial charge in [0.1, 0.15) is 0 Å². The molecule has 2 aliphatic rings. The van der Waals surface area contributed by atoms with E-state index in [1.807, 2.05) is 4.90 Å². The lowest BCUT2D eigenvalue weighted by molar-refractivity contribution is -0.132. The van der Waals surface area contributed by atoms with Crippen molar-refractivity contribution in [1.82, 2.24) is 20.4 Å². The Morgan fingerprint density at radius 3 is 2.64 bits per heavy atom. The summed E-state index contributed by atoms with van der Waals surface area (Å²) in [4.78, 5) is 27.5. The van der Waals surface area contributed by atoms with Crippen molar-refractivity contribution in [1.29, 1.82) is 0 Å². The van der Waals surface area contributed by atoms with E-state index in [-0.39, 0.29) is 24.2 Å². The molecule has 7 heteroatoms. The predicted molar refractivity (Wildman–Crippen MR) is 89.2 cm³/mol. The fourth-order valence-corrected chi connectivity index (χ4v) is 3.14. The second-order valence-electron chi connectivity index (χ2n) is 6.13. The van der Waals surface area contributed by atoms with E-state index in [2.05, 4.69) is 15.5 Å². The molecule has 1 atom stereocenters. The molecule has 2 fully saturated rings. The molecular formula is C15H29ClN4O2. The minimum absolute atomic E-state index is 0. The summed E-state index contributed by atoms with van der Waals surface area (Å²) in [6, 6.07) is 0. The van der Waals surface area contributed by atoms with E-state index in [1.54, 1.807) is 6.92 Å². The van der Waals surface area contributed by atoms with E-state index in [9.17, 15) is 9.59 Å². The second-order valence-corrected chi connectivity index (χ2v) is 6.13. The van der Waals surface area contributed by atoms with Gasteiger partial charge >= 0.3 is 0 Å². The first-order chi connectivity index (χ1) is 10.1. The normalized spacial score (nSPS) is 22.8. The standard InChI is InChI=1S/C15H28N4O2.ClH/c1-13(20)17-11-14-3-2-7-18(12-14)8-4-15(21)19-9-5-16-6-10-19;/h14,16H,2-12H2,1H3,(H,17,20);1H. The average Bonchev–Trinajstić information content (AvgIpc) is 2.52. The zero-order valence-corrected chi connectivity index (χ0v) is 14.3. The van der Waals surface area contributed by atoms with Gasteiger partial charge in [0.25, 0.3) is 0 Å². The zero-order chi connectivity index (χ0) is 15.1. The molecule has 22 heavy (non-hydrogen) atoms. The van der Waals surface area contributed by atoms with Crippen LogP contribution in [0.3, 0.4) is 0 Å². The lowest BCUT2D eigenvalue weighted by atomic mass is 9.98. The topological polar surface area (TPSA) is 64.7 Å². The second kappa shape index (κ2) is 10.0. The molecule has 0 bridgehead atoms. The Kier molecular flexibility index (Phi) is 8.75. The van der Waals surface area contributed by atoms with Gasteiger partial charge in [0.05, 0.1) is 0 Å². The maximum Gasteiger partial charge on any atom is 0.223 e. The highest BCUT2D eigenvalue weighted by Gasteiger charge is 2.22. The minimum Gasteiger partial charge on any atom is -0.356 e. The molecule has 0 aliphatic carbocycles. The van der Waals surface area contributed by atoms with Crippen molar-refractivity contribution < 1.29 is 9.59 Å². The summed E-state index contributed by atoms with van der Waals surface area (Å²) in [6.07, 6.45) is 2.95. The van der Waals surface area contributed by atoms with Crippen LogP contribution >= 0.6 is 12.4 Å². The van der Waals surface area contributed by atoms with Gasteiger partial charge in [-0.2, -0.15) is 0 Å². The molecular weight excluding hydrogens is 304 g/mol. The van der Waals surface area contributed by atoms with Gasteiger partial charge in [0, 0.05) is 59.2 Å². The molecule has 2 N–H and O–H groups in total. The van der Waals surface area contributed by atoms with E-state index < -0.39 is 0 Å². The molecule has 0 spiro atoms. The van der Waals surface area contributed by atoms with Gasteiger partial charge in [-0.3, -0.25) is 9.59 Å². The number of likely N-dealkylation sites (tertiary alicyclic amines) is 1. The van der Waals surface area contributed by atoms with Crippen LogP contribution in [0.25, 0.3) is 0 Å². The summed E-state index contributed by atoms with van der Waals surface area (Å²) < 4.78 is 0. The maximum atomic E-state index is 12.2. The highest BCUT2D eigenvalue weighted by Crippen LogP contribution is 2.16. The molecule has 0 aromatic carbocycles. The Bertz CT molecular complexity index is 361. The van der Waals surface area contributed by atoms with Crippen molar-refractivity contribution >= 4 is 24.2 Å². The van der Waals surface area contributed by atoms with Gasteiger partial charge in [-0.1, -0.05) is 0 Å². The lowest BCUT2D eigenvalue weighted by Crippen LogP contribution is -2.47. The van der Waals surface area contributed by atoms with Crippen LogP contribution in [-0.4, -0.2) is 74.0 Å². The Morgan fingerprint density at radius 1 is 1.23 bits per heavy atom. The third-order valence-corrected chi connectivity index (χ3v) is 4.35. The van der Waals surface area contributed by atoms with Crippen molar-refractivity contribution in [2.75, 3.05) is 52.4 Å². The van der Waals surface area contributed by atoms with Gasteiger partial charge in [-0.05, 0) is 25.3 Å². The number of amides is 2. The number of piperazine rings is 1. The summed E-state index contributed by atoms with van der Waals surface area (Å²) in [5.74, 6) is 0.846. The quantitative estimate of drug-likeness (QED) is 0.748. The third-order valence-electron chi connectivity index (χ3n) is 4.35. The Labute approximate surface area is 139 Å². The highest BCUT2D eigenvalue weighted by molar-refractivity contribution is 5.85. The zero-order valence-electron chi connectivity index (χ0n) is 13.5. The first-order valence-electron chi connectivity index (χ1n) is 8.10. The molecule has 0 aromatic rings. The van der Waals surface area contributed by atoms with Crippen molar-refractivity contribution in [2.45, 2.75) is 26.2 Å². The number of nitrogens with one attached hydrogen (secondary N) is 2. The molecule has 2 amide bonds. The monoisotopic (exact) mass is 332 g/mol. The van der Waals surface area contributed by atoms with Gasteiger partial charge in [0.15, 0.2) is 0 Å². The van der Waals surface area contributed by atoms with Crippen molar-refractivity contribution in [3.63, 3.8) is 0 Å². The fourth-order valence-electron chi connectivity index (χ4n) is 3.14. The van der Waals surface area contributed by atoms with Gasteiger partial charge in [0.2, 0.25) is 11.8 Å². The lowest BCUT2D eigenvalue weighted by Gasteiger charge is -2.33. The summed E-state index contributed by atoms with van der Waals surface area (Å²) in [6.45, 7) is 8.74. The smallest absolute Gasteiger partial charge is 0.223 e. The number of nitrogens with zero attached hydrogens (tertiary/aromatic N) is 2. The molecule has 2 aliphatic heterocycles. The molecule has 6 nitrogen and oxygen atoms in total. The number of piperidine rings is 1. The van der Waals surface area contributed by atoms with Crippen molar-refractivity contribution in [3.8, 4) is 0 Å². The first-order valence-corrected chi connectivity index (χ1v) is 8.10. The van der Waals surface area contributed by atoms with E-state index >= 15 is 0 Å². The molecule has 0 aromatic heterocycles. The van der Waals surface area contributed by atoms with Gasteiger partial charge in [-0.25, -0.2) is 0 Å². The predicted octanol–water partition coefficient (Wildman–Crippen LogP) is 0.0782. The Balaban J connectivity index is 0.00000242. The van der Waals surface area contributed by atoms with Crippen molar-refractivity contribution in [2.24, 2.45) is 5.92 Å². The van der Waals surface area contributed by atoms with Gasteiger partial charge < -0.3 is 20.4 Å². The summed E-state index contributed by atoms with van der Waals surface area (Å²) in [5.41, 5.74) is 0. The first kappa shape index (κ1) is 19.2. The largest absolute Gasteiger partial charge is 0.356 e. The number of rotatable bonds is 5. The molecule has 1 unspecified atom stereocenters. The molecule has 128 valence electrons. The van der Waals surface area contributed by atoms with Crippen LogP contribution in [0.2, 0.25) is 0 Å². The number of carbonyl (C=O) groups excluding carboxylic acids is 2.